The average molecular weight is 233 g/mol. The molecule has 4 heteroatoms. The predicted molar refractivity (Wildman–Crippen MR) is 65.6 cm³/mol. The molecule has 0 aromatic heterocycles. The topological polar surface area (TPSA) is 30.5 Å². The fraction of sp³-hybridized carbons (Fsp3) is 1.00. The minimum absolute atomic E-state index is 0.493. The van der Waals surface area contributed by atoms with Gasteiger partial charge in [0.2, 0.25) is 0 Å². The zero-order valence-electron chi connectivity index (χ0n) is 9.83. The van der Waals surface area contributed by atoms with Crippen LogP contribution in [0.2, 0.25) is 0 Å². The van der Waals surface area contributed by atoms with Gasteiger partial charge in [0.05, 0.1) is 6.61 Å². The van der Waals surface area contributed by atoms with Crippen molar-refractivity contribution in [2.24, 2.45) is 0 Å². The van der Waals surface area contributed by atoms with Crippen LogP contribution in [0.5, 0.6) is 0 Å². The monoisotopic (exact) mass is 233 g/mol. The highest BCUT2D eigenvalue weighted by Crippen LogP contribution is 2.22. The standard InChI is InChI=1S/C11H23NO2S/c1-3-12-10(8-13-2)9-15-11-4-6-14-7-5-11/h10-12H,3-9H2,1-2H3. The smallest absolute Gasteiger partial charge is 0.0623 e. The van der Waals surface area contributed by atoms with E-state index in [0.717, 1.165) is 37.4 Å². The molecule has 0 aromatic carbocycles. The molecule has 15 heavy (non-hydrogen) atoms. The van der Waals surface area contributed by atoms with Crippen LogP contribution in [0.3, 0.4) is 0 Å². The molecule has 1 atom stereocenters. The maximum atomic E-state index is 5.35. The zero-order chi connectivity index (χ0) is 10.9. The largest absolute Gasteiger partial charge is 0.383 e. The summed E-state index contributed by atoms with van der Waals surface area (Å²) in [6, 6.07) is 0.493. The van der Waals surface area contributed by atoms with Crippen LogP contribution in [-0.2, 0) is 9.47 Å². The summed E-state index contributed by atoms with van der Waals surface area (Å²) in [5.41, 5.74) is 0. The third kappa shape index (κ3) is 5.76. The molecule has 90 valence electrons. The average Bonchev–Trinajstić information content (AvgIpc) is 2.28. The summed E-state index contributed by atoms with van der Waals surface area (Å²) in [5, 5.41) is 4.23. The third-order valence-corrected chi connectivity index (χ3v) is 4.10. The Morgan fingerprint density at radius 1 is 1.47 bits per heavy atom. The Bertz CT molecular complexity index is 146. The summed E-state index contributed by atoms with van der Waals surface area (Å²) >= 11 is 2.06. The maximum absolute atomic E-state index is 5.35. The Morgan fingerprint density at radius 2 is 2.20 bits per heavy atom. The van der Waals surface area contributed by atoms with Crippen molar-refractivity contribution in [2.45, 2.75) is 31.1 Å². The van der Waals surface area contributed by atoms with Crippen LogP contribution in [0.4, 0.5) is 0 Å². The first-order chi connectivity index (χ1) is 7.36. The Balaban J connectivity index is 2.13. The van der Waals surface area contributed by atoms with Gasteiger partial charge in [-0.2, -0.15) is 11.8 Å². The van der Waals surface area contributed by atoms with Crippen molar-refractivity contribution < 1.29 is 9.47 Å². The molecule has 1 N–H and O–H groups in total. The summed E-state index contributed by atoms with van der Waals surface area (Å²) < 4.78 is 10.5. The molecule has 3 nitrogen and oxygen atoms in total. The van der Waals surface area contributed by atoms with Gasteiger partial charge in [-0.05, 0) is 19.4 Å². The number of thioether (sulfide) groups is 1. The molecular formula is C11H23NO2S. The summed E-state index contributed by atoms with van der Waals surface area (Å²) in [4.78, 5) is 0. The number of methoxy groups -OCH3 is 1. The van der Waals surface area contributed by atoms with Gasteiger partial charge in [0, 0.05) is 37.4 Å². The highest BCUT2D eigenvalue weighted by molar-refractivity contribution is 7.99. The molecular weight excluding hydrogens is 210 g/mol. The Labute approximate surface area is 97.3 Å². The van der Waals surface area contributed by atoms with Crippen LogP contribution in [0.1, 0.15) is 19.8 Å². The van der Waals surface area contributed by atoms with Crippen molar-refractivity contribution in [3.8, 4) is 0 Å². The fourth-order valence-electron chi connectivity index (χ4n) is 1.75. The van der Waals surface area contributed by atoms with Crippen LogP contribution >= 0.6 is 11.8 Å². The van der Waals surface area contributed by atoms with Crippen molar-refractivity contribution in [1.82, 2.24) is 5.32 Å². The first-order valence-electron chi connectivity index (χ1n) is 5.78. The molecule has 0 aromatic rings. The number of rotatable bonds is 7. The van der Waals surface area contributed by atoms with E-state index in [4.69, 9.17) is 9.47 Å². The van der Waals surface area contributed by atoms with E-state index in [2.05, 4.69) is 24.0 Å². The predicted octanol–water partition coefficient (Wildman–Crippen LogP) is 1.52. The molecule has 0 spiro atoms. The molecule has 1 saturated heterocycles. The third-order valence-electron chi connectivity index (χ3n) is 2.56. The van der Waals surface area contributed by atoms with E-state index in [-0.39, 0.29) is 0 Å². The summed E-state index contributed by atoms with van der Waals surface area (Å²) in [6.45, 7) is 5.84. The van der Waals surface area contributed by atoms with Gasteiger partial charge in [-0.1, -0.05) is 6.92 Å². The van der Waals surface area contributed by atoms with Gasteiger partial charge in [0.1, 0.15) is 0 Å². The van der Waals surface area contributed by atoms with Crippen LogP contribution in [0.15, 0.2) is 0 Å². The summed E-state index contributed by atoms with van der Waals surface area (Å²) in [7, 11) is 1.77. The number of likely N-dealkylation sites (N-methyl/N-ethyl adjacent to an activating group) is 1. The lowest BCUT2D eigenvalue weighted by Crippen LogP contribution is -2.36. The molecule has 1 rings (SSSR count). The lowest BCUT2D eigenvalue weighted by Gasteiger charge is -2.24. The van der Waals surface area contributed by atoms with E-state index in [0.29, 0.717) is 6.04 Å². The number of hydrogen-bond donors (Lipinski definition) is 1. The molecule has 0 aliphatic carbocycles. The molecule has 0 amide bonds. The molecule has 1 aliphatic heterocycles. The quantitative estimate of drug-likeness (QED) is 0.722. The molecule has 1 fully saturated rings. The van der Waals surface area contributed by atoms with Crippen LogP contribution < -0.4 is 5.32 Å². The fourth-order valence-corrected chi connectivity index (χ4v) is 3.00. The van der Waals surface area contributed by atoms with Gasteiger partial charge in [-0.15, -0.1) is 0 Å². The van der Waals surface area contributed by atoms with Crippen molar-refractivity contribution in [3.05, 3.63) is 0 Å². The summed E-state index contributed by atoms with van der Waals surface area (Å²) in [6.07, 6.45) is 2.41. The SMILES string of the molecule is CCNC(COC)CSC1CCOCC1. The second-order valence-electron chi connectivity index (χ2n) is 3.86. The number of nitrogens with one attached hydrogen (secondary N) is 1. The van der Waals surface area contributed by atoms with E-state index < -0.39 is 0 Å². The first-order valence-corrected chi connectivity index (χ1v) is 6.83. The van der Waals surface area contributed by atoms with E-state index >= 15 is 0 Å². The normalized spacial score (nSPS) is 20.4. The van der Waals surface area contributed by atoms with E-state index in [1.165, 1.54) is 12.8 Å². The lowest BCUT2D eigenvalue weighted by molar-refractivity contribution is 0.0999. The van der Waals surface area contributed by atoms with E-state index in [1.54, 1.807) is 7.11 Å². The van der Waals surface area contributed by atoms with Crippen molar-refractivity contribution in [2.75, 3.05) is 39.2 Å². The van der Waals surface area contributed by atoms with Gasteiger partial charge in [0.25, 0.3) is 0 Å². The van der Waals surface area contributed by atoms with Gasteiger partial charge < -0.3 is 14.8 Å². The van der Waals surface area contributed by atoms with Gasteiger partial charge in [-0.25, -0.2) is 0 Å². The Kier molecular flexibility index (Phi) is 7.44. The molecule has 0 bridgehead atoms. The summed E-state index contributed by atoms with van der Waals surface area (Å²) in [5.74, 6) is 1.15. The molecule has 1 aliphatic rings. The van der Waals surface area contributed by atoms with Crippen LogP contribution in [0.25, 0.3) is 0 Å². The van der Waals surface area contributed by atoms with Gasteiger partial charge in [0.15, 0.2) is 0 Å². The Hall–Kier alpha value is 0.230. The number of ether oxygens (including phenoxy) is 2. The van der Waals surface area contributed by atoms with Gasteiger partial charge in [-0.3, -0.25) is 0 Å². The second kappa shape index (κ2) is 8.39. The lowest BCUT2D eigenvalue weighted by atomic mass is 10.2. The van der Waals surface area contributed by atoms with Crippen LogP contribution in [0, 0.1) is 0 Å². The van der Waals surface area contributed by atoms with Crippen molar-refractivity contribution in [3.63, 3.8) is 0 Å². The number of hydrogen-bond acceptors (Lipinski definition) is 4. The minimum Gasteiger partial charge on any atom is -0.383 e. The highest BCUT2D eigenvalue weighted by Gasteiger charge is 2.16. The second-order valence-corrected chi connectivity index (χ2v) is 5.19. The first kappa shape index (κ1) is 13.3. The van der Waals surface area contributed by atoms with E-state index in [9.17, 15) is 0 Å². The van der Waals surface area contributed by atoms with Crippen molar-refractivity contribution in [1.29, 1.82) is 0 Å². The molecule has 1 unspecified atom stereocenters. The molecule has 1 heterocycles. The molecule has 0 saturated carbocycles. The van der Waals surface area contributed by atoms with Crippen LogP contribution in [-0.4, -0.2) is 50.5 Å². The zero-order valence-corrected chi connectivity index (χ0v) is 10.6. The molecule has 0 radical (unpaired) electrons. The maximum Gasteiger partial charge on any atom is 0.0623 e. The van der Waals surface area contributed by atoms with Gasteiger partial charge >= 0.3 is 0 Å². The van der Waals surface area contributed by atoms with E-state index in [1.807, 2.05) is 0 Å². The Morgan fingerprint density at radius 3 is 2.80 bits per heavy atom. The minimum atomic E-state index is 0.493. The van der Waals surface area contributed by atoms with Crippen molar-refractivity contribution >= 4 is 11.8 Å². The highest BCUT2D eigenvalue weighted by atomic mass is 32.2.